The molecular formula is C57H52N8O6S. The van der Waals surface area contributed by atoms with Gasteiger partial charge in [0.1, 0.15) is 22.8 Å². The van der Waals surface area contributed by atoms with E-state index in [1.807, 2.05) is 97.6 Å². The van der Waals surface area contributed by atoms with Gasteiger partial charge in [-0.1, -0.05) is 36.4 Å². The van der Waals surface area contributed by atoms with Crippen molar-refractivity contribution in [1.29, 1.82) is 0 Å². The zero-order chi connectivity index (χ0) is 49.7. The molecular weight excluding hydrogens is 925 g/mol. The molecule has 0 radical (unpaired) electrons. The highest BCUT2D eigenvalue weighted by atomic mass is 32.1. The number of aromatic carboxylic acids is 1. The summed E-state index contributed by atoms with van der Waals surface area (Å²) in [5.74, 6) is -0.127. The Bertz CT molecular complexity index is 3100. The maximum Gasteiger partial charge on any atom is 0.336 e. The first kappa shape index (κ1) is 48.6. The zero-order valence-electron chi connectivity index (χ0n) is 39.4. The van der Waals surface area contributed by atoms with E-state index in [1.165, 1.54) is 30.3 Å². The molecule has 7 aromatic rings. The molecule has 0 unspecified atom stereocenters. The first-order chi connectivity index (χ1) is 35.2. The van der Waals surface area contributed by atoms with Gasteiger partial charge in [-0.25, -0.2) is 4.79 Å². The monoisotopic (exact) mass is 976 g/mol. The average molecular weight is 977 g/mol. The average Bonchev–Trinajstić information content (AvgIpc) is 3.38. The number of phenols is 1. The Balaban J connectivity index is 0.872. The van der Waals surface area contributed by atoms with E-state index in [4.69, 9.17) is 21.4 Å². The summed E-state index contributed by atoms with van der Waals surface area (Å²) < 4.78 is 12.5. The molecule has 0 saturated heterocycles. The highest BCUT2D eigenvalue weighted by molar-refractivity contribution is 7.80. The molecule has 4 N–H and O–H groups in total. The topological polar surface area (TPSA) is 179 Å². The lowest BCUT2D eigenvalue weighted by molar-refractivity contribution is 0.0697. The number of hydrogen-bond donors (Lipinski definition) is 4. The summed E-state index contributed by atoms with van der Waals surface area (Å²) in [6, 6.07) is 44.4. The maximum absolute atomic E-state index is 12.8. The molecule has 0 fully saturated rings. The minimum atomic E-state index is -1.15. The third-order valence-corrected chi connectivity index (χ3v) is 12.1. The fourth-order valence-electron chi connectivity index (χ4n) is 8.69. The lowest BCUT2D eigenvalue weighted by Gasteiger charge is -2.25. The van der Waals surface area contributed by atoms with Gasteiger partial charge in [0, 0.05) is 105 Å². The van der Waals surface area contributed by atoms with Gasteiger partial charge in [-0.05, 0) is 139 Å². The van der Waals surface area contributed by atoms with Crippen molar-refractivity contribution in [2.24, 2.45) is 0 Å². The van der Waals surface area contributed by atoms with E-state index in [2.05, 4.69) is 58.6 Å². The van der Waals surface area contributed by atoms with Crippen LogP contribution in [-0.2, 0) is 39.3 Å². The van der Waals surface area contributed by atoms with E-state index >= 15 is 0 Å². The van der Waals surface area contributed by atoms with Crippen LogP contribution in [0.1, 0.15) is 57.1 Å². The summed E-state index contributed by atoms with van der Waals surface area (Å²) in [5.41, 5.74) is 8.16. The second-order valence-corrected chi connectivity index (χ2v) is 17.8. The Morgan fingerprint density at radius 3 is 1.74 bits per heavy atom. The molecule has 0 amide bonds. The molecule has 9 rings (SSSR count). The highest BCUT2D eigenvalue weighted by Gasteiger charge is 2.23. The van der Waals surface area contributed by atoms with Crippen molar-refractivity contribution in [1.82, 2.24) is 35.1 Å². The van der Waals surface area contributed by atoms with Crippen molar-refractivity contribution >= 4 is 40.0 Å². The lowest BCUT2D eigenvalue weighted by atomic mass is 9.90. The number of unbranched alkanes of at least 4 members (excludes halogenated alkanes) is 1. The summed E-state index contributed by atoms with van der Waals surface area (Å²) in [7, 11) is 0. The van der Waals surface area contributed by atoms with Crippen LogP contribution in [0.4, 0.5) is 5.69 Å². The predicted octanol–water partition coefficient (Wildman–Crippen LogP) is 10.1. The number of anilines is 1. The Hall–Kier alpha value is -8.37. The third kappa shape index (κ3) is 13.1. The van der Waals surface area contributed by atoms with E-state index in [9.17, 15) is 19.8 Å². The molecule has 4 aromatic heterocycles. The van der Waals surface area contributed by atoms with Crippen molar-refractivity contribution in [2.75, 3.05) is 18.5 Å². The number of rotatable bonds is 21. The van der Waals surface area contributed by atoms with E-state index in [1.54, 1.807) is 24.3 Å². The minimum absolute atomic E-state index is 0.0171. The molecule has 5 heterocycles. The molecule has 1 aliphatic carbocycles. The second-order valence-electron chi connectivity index (χ2n) is 17.4. The lowest BCUT2D eigenvalue weighted by Crippen LogP contribution is -2.29. The van der Waals surface area contributed by atoms with Crippen LogP contribution in [0.15, 0.2) is 180 Å². The summed E-state index contributed by atoms with van der Waals surface area (Å²) in [4.78, 5) is 48.3. The Labute approximate surface area is 422 Å². The van der Waals surface area contributed by atoms with E-state index < -0.39 is 5.97 Å². The van der Waals surface area contributed by atoms with Crippen LogP contribution in [0, 0.1) is 0 Å². The van der Waals surface area contributed by atoms with Gasteiger partial charge in [-0.2, -0.15) is 0 Å². The first-order valence-corrected chi connectivity index (χ1v) is 24.0. The van der Waals surface area contributed by atoms with Crippen LogP contribution in [0.3, 0.4) is 0 Å². The minimum Gasteiger partial charge on any atom is -0.508 e. The van der Waals surface area contributed by atoms with Crippen molar-refractivity contribution in [3.63, 3.8) is 0 Å². The van der Waals surface area contributed by atoms with Gasteiger partial charge in [-0.3, -0.25) is 34.5 Å². The number of aromatic nitrogens is 4. The SMILES string of the molecule is O=C(O)c1cc(NC(=S)NCCCCOc2cc(CN(Cc3ccccn3)Cc3ccccn3)cc(CN(Cc3ccccn3)Cc3ccccn3)c2)ccc1-c1c2ccc(=O)cc-2oc2cc(O)ccc12. The summed E-state index contributed by atoms with van der Waals surface area (Å²) in [6.07, 6.45) is 8.77. The maximum atomic E-state index is 12.8. The summed E-state index contributed by atoms with van der Waals surface area (Å²) in [6.45, 7) is 4.83. The predicted molar refractivity (Wildman–Crippen MR) is 281 cm³/mol. The quantitative estimate of drug-likeness (QED) is 0.0303. The Morgan fingerprint density at radius 2 is 1.19 bits per heavy atom. The number of nitrogens with zero attached hydrogens (tertiary/aromatic N) is 6. The molecule has 0 saturated carbocycles. The number of pyridine rings is 4. The number of phenolic OH excluding ortho intramolecular Hbond substituents is 1. The zero-order valence-corrected chi connectivity index (χ0v) is 40.2. The Morgan fingerprint density at radius 1 is 0.625 bits per heavy atom. The number of carbonyl (C=O) groups is 1. The molecule has 0 spiro atoms. The van der Waals surface area contributed by atoms with Crippen LogP contribution in [-0.4, -0.2) is 64.2 Å². The van der Waals surface area contributed by atoms with Gasteiger partial charge >= 0.3 is 5.97 Å². The standard InChI is InChI=1S/C57H52N8O6S/c66-46-16-19-50-53(31-46)71-54-32-47(67)17-20-51(54)55(50)49-18-15-41(30-52(49)56(68)69)63-57(72)62-25-9-10-26-70-48-28-39(33-64(35-42-11-1-5-21-58-42)36-43-12-2-6-22-59-43)27-40(29-48)34-65(37-44-13-3-7-23-60-44)38-45-14-4-8-24-61-45/h1-8,11-24,27-32,66H,9-10,25-26,33-38H2,(H,68,69)(H2,62,63,72). The highest BCUT2D eigenvalue weighted by Crippen LogP contribution is 2.42. The second kappa shape index (κ2) is 23.5. The fourth-order valence-corrected chi connectivity index (χ4v) is 8.91. The number of ether oxygens (including phenoxy) is 1. The molecule has 15 heteroatoms. The number of fused-ring (bicyclic) bond motifs is 2. The van der Waals surface area contributed by atoms with Crippen molar-refractivity contribution in [3.05, 3.63) is 220 Å². The largest absolute Gasteiger partial charge is 0.508 e. The van der Waals surface area contributed by atoms with Crippen LogP contribution < -0.4 is 20.8 Å². The molecule has 1 aliphatic heterocycles. The van der Waals surface area contributed by atoms with Gasteiger partial charge in [0.2, 0.25) is 0 Å². The van der Waals surface area contributed by atoms with Crippen LogP contribution in [0.25, 0.3) is 33.4 Å². The number of carboxylic acid groups (broad SMARTS) is 1. The molecule has 3 aromatic carbocycles. The van der Waals surface area contributed by atoms with Crippen molar-refractivity contribution < 1.29 is 24.2 Å². The molecule has 72 heavy (non-hydrogen) atoms. The first-order valence-electron chi connectivity index (χ1n) is 23.6. The number of hydrogen-bond acceptors (Lipinski definition) is 12. The molecule has 0 atom stereocenters. The number of thiocarbonyl (C=S) groups is 1. The molecule has 362 valence electrons. The van der Waals surface area contributed by atoms with Gasteiger partial charge in [0.25, 0.3) is 0 Å². The molecule has 0 bridgehead atoms. The van der Waals surface area contributed by atoms with Gasteiger partial charge in [-0.15, -0.1) is 0 Å². The van der Waals surface area contributed by atoms with E-state index in [0.29, 0.717) is 90.9 Å². The normalized spacial score (nSPS) is 11.3. The van der Waals surface area contributed by atoms with Crippen LogP contribution in [0.5, 0.6) is 11.5 Å². The third-order valence-electron chi connectivity index (χ3n) is 11.9. The van der Waals surface area contributed by atoms with Gasteiger partial charge < -0.3 is 30.0 Å². The van der Waals surface area contributed by atoms with E-state index in [-0.39, 0.29) is 22.5 Å². The number of carboxylic acids is 1. The fraction of sp³-hybridized carbons (Fsp3) is 0.175. The number of benzene rings is 4. The molecule has 2 aliphatic rings. The van der Waals surface area contributed by atoms with Crippen LogP contribution >= 0.6 is 12.2 Å². The van der Waals surface area contributed by atoms with E-state index in [0.717, 1.165) is 52.5 Å². The smallest absolute Gasteiger partial charge is 0.336 e. The summed E-state index contributed by atoms with van der Waals surface area (Å²) >= 11 is 5.65. The van der Waals surface area contributed by atoms with Crippen LogP contribution in [0.2, 0.25) is 0 Å². The van der Waals surface area contributed by atoms with Gasteiger partial charge in [0.05, 0.1) is 34.9 Å². The molecule has 14 nitrogen and oxygen atoms in total. The number of nitrogens with one attached hydrogen (secondary N) is 2. The Kier molecular flexibility index (Phi) is 15.9. The van der Waals surface area contributed by atoms with Crippen molar-refractivity contribution in [3.8, 4) is 33.9 Å². The van der Waals surface area contributed by atoms with Gasteiger partial charge in [0.15, 0.2) is 10.5 Å². The van der Waals surface area contributed by atoms with Crippen molar-refractivity contribution in [2.45, 2.75) is 52.1 Å². The number of aromatic hydroxyl groups is 1. The summed E-state index contributed by atoms with van der Waals surface area (Å²) in [5, 5.41) is 27.9.